The molecule has 0 bridgehead atoms. The number of rotatable bonds is 20. The van der Waals surface area contributed by atoms with Crippen molar-refractivity contribution < 1.29 is 0 Å². The largest absolute Gasteiger partial charge is 0.311 e. The van der Waals surface area contributed by atoms with Crippen molar-refractivity contribution in [3.8, 4) is 11.1 Å². The molecule has 0 aliphatic heterocycles. The van der Waals surface area contributed by atoms with Crippen LogP contribution >= 0.6 is 13.5 Å². The molecule has 1 aliphatic carbocycles. The number of unbranched alkanes of at least 4 members (excludes halogenated alkanes) is 10. The van der Waals surface area contributed by atoms with Gasteiger partial charge in [-0.15, -0.1) is 0 Å². The summed E-state index contributed by atoms with van der Waals surface area (Å²) in [5, 5.41) is 0. The number of hydrogen-bond donors (Lipinski definition) is 0. The van der Waals surface area contributed by atoms with Crippen LogP contribution < -0.4 is 4.90 Å². The summed E-state index contributed by atoms with van der Waals surface area (Å²) >= 11 is 0. The van der Waals surface area contributed by atoms with E-state index in [2.05, 4.69) is 205 Å². The summed E-state index contributed by atoms with van der Waals surface area (Å²) in [5.74, 6) is 0.598. The van der Waals surface area contributed by atoms with E-state index in [0.29, 0.717) is 5.92 Å². The first kappa shape index (κ1) is 57.4. The van der Waals surface area contributed by atoms with Gasteiger partial charge in [0.15, 0.2) is 0 Å². The molecule has 0 saturated carbocycles. The average Bonchev–Trinajstić information content (AvgIpc) is 3.34. The van der Waals surface area contributed by atoms with Crippen molar-refractivity contribution in [1.29, 1.82) is 0 Å². The van der Waals surface area contributed by atoms with Crippen LogP contribution in [-0.4, -0.2) is 25.5 Å². The number of aryl methyl sites for hydroxylation is 6. The van der Waals surface area contributed by atoms with Crippen LogP contribution in [-0.2, 0) is 12.8 Å². The lowest BCUT2D eigenvalue weighted by Crippen LogP contribution is -2.19. The van der Waals surface area contributed by atoms with Gasteiger partial charge in [0.2, 0.25) is 0 Å². The second-order valence-electron chi connectivity index (χ2n) is 19.1. The van der Waals surface area contributed by atoms with E-state index in [1.165, 1.54) is 163 Å². The number of allylic oxidation sites excluding steroid dienone is 4. The number of hydrogen-bond acceptors (Lipinski definition) is 3. The van der Waals surface area contributed by atoms with Crippen LogP contribution in [0.4, 0.5) is 17.1 Å². The first-order chi connectivity index (χ1) is 32.4. The van der Waals surface area contributed by atoms with Crippen LogP contribution in [0.5, 0.6) is 0 Å². The number of benzene rings is 5. The topological polar surface area (TPSA) is 28.0 Å². The molecule has 1 aliphatic rings. The Bertz CT molecular complexity index is 2200. The van der Waals surface area contributed by atoms with E-state index in [9.17, 15) is 0 Å². The molecule has 1 unspecified atom stereocenters. The van der Waals surface area contributed by atoms with Gasteiger partial charge < -0.3 is 4.90 Å². The van der Waals surface area contributed by atoms with Crippen molar-refractivity contribution in [3.05, 3.63) is 171 Å². The number of aliphatic imine (C=N–C) groups is 2. The zero-order valence-corrected chi connectivity index (χ0v) is 45.6. The maximum absolute atomic E-state index is 4.21. The van der Waals surface area contributed by atoms with Crippen LogP contribution in [0.25, 0.3) is 11.1 Å². The van der Waals surface area contributed by atoms with Crippen molar-refractivity contribution in [2.75, 3.05) is 19.0 Å². The van der Waals surface area contributed by atoms with Crippen molar-refractivity contribution in [3.63, 3.8) is 0 Å². The highest BCUT2D eigenvalue weighted by Gasteiger charge is 2.16. The molecule has 5 aromatic carbocycles. The molecule has 0 aromatic heterocycles. The third-order valence-corrected chi connectivity index (χ3v) is 13.3. The molecule has 4 heteroatoms. The SMILES string of the molecule is CCC(C)c1ccc(N(c2ccc(C)cc2)c2ccc(C)cc2)cc1.CCCCCCCCc1cc(C)ccc1-c1ccc(C)cc1CCCCCCCC.CN=C1C(C)=CC=C(C)C1=NC.S. The monoisotopic (exact) mass is 932 g/mol. The summed E-state index contributed by atoms with van der Waals surface area (Å²) in [5.41, 5.74) is 20.8. The van der Waals surface area contributed by atoms with Crippen LogP contribution in [0.2, 0.25) is 0 Å². The Balaban J connectivity index is 0.000000290. The van der Waals surface area contributed by atoms with E-state index < -0.39 is 0 Å². The standard InChI is InChI=1S/C30H46.C24H27N.C10H14N2.H2S/c1-5-7-9-11-13-15-17-27-23-25(3)19-21-29(27)30-22-20-26(4)24-28(30)18-16-14-12-10-8-6-2;1-5-20(4)21-10-16-24(17-11-21)25(22-12-6-18(2)7-13-22)23-14-8-19(3)9-15-23;1-7-5-6-8(2)10(12-4)9(7)11-3;/h19-24H,5-18H2,1-4H3;6-17,20H,5H2,1-4H3;5-6H,1-4H3;1H2. The van der Waals surface area contributed by atoms with Gasteiger partial charge in [-0.05, 0) is 155 Å². The fraction of sp³-hybridized carbons (Fsp3) is 0.438. The minimum absolute atomic E-state index is 0. The Hall–Kier alpha value is -4.93. The second kappa shape index (κ2) is 31.2. The quantitative estimate of drug-likeness (QED) is 0.0564. The molecule has 0 heterocycles. The van der Waals surface area contributed by atoms with E-state index in [1.54, 1.807) is 25.2 Å². The summed E-state index contributed by atoms with van der Waals surface area (Å²) in [7, 11) is 3.60. The molecule has 0 N–H and O–H groups in total. The first-order valence-electron chi connectivity index (χ1n) is 26.0. The van der Waals surface area contributed by atoms with E-state index >= 15 is 0 Å². The van der Waals surface area contributed by atoms with E-state index in [-0.39, 0.29) is 13.5 Å². The van der Waals surface area contributed by atoms with E-state index in [4.69, 9.17) is 0 Å². The van der Waals surface area contributed by atoms with Gasteiger partial charge in [0, 0.05) is 31.2 Å². The van der Waals surface area contributed by atoms with Crippen LogP contribution in [0.3, 0.4) is 0 Å². The Labute approximate surface area is 422 Å². The van der Waals surface area contributed by atoms with Crippen molar-refractivity contribution in [2.24, 2.45) is 9.98 Å². The zero-order chi connectivity index (χ0) is 48.6. The fourth-order valence-corrected chi connectivity index (χ4v) is 8.94. The number of nitrogens with zero attached hydrogens (tertiary/aromatic N) is 3. The molecule has 0 fully saturated rings. The first-order valence-corrected chi connectivity index (χ1v) is 26.0. The van der Waals surface area contributed by atoms with Crippen LogP contribution in [0.15, 0.2) is 142 Å². The third-order valence-electron chi connectivity index (χ3n) is 13.3. The van der Waals surface area contributed by atoms with Crippen molar-refractivity contribution in [2.45, 2.75) is 171 Å². The smallest absolute Gasteiger partial charge is 0.0854 e. The van der Waals surface area contributed by atoms with Gasteiger partial charge in [-0.3, -0.25) is 9.98 Å². The molecule has 3 nitrogen and oxygen atoms in total. The molecule has 0 saturated heterocycles. The lowest BCUT2D eigenvalue weighted by atomic mass is 9.89. The fourth-order valence-electron chi connectivity index (χ4n) is 8.94. The predicted octanol–water partition coefficient (Wildman–Crippen LogP) is 19.2. The average molecular weight is 933 g/mol. The van der Waals surface area contributed by atoms with Gasteiger partial charge in [0.05, 0.1) is 11.4 Å². The molecule has 0 amide bonds. The minimum atomic E-state index is 0. The van der Waals surface area contributed by atoms with Crippen molar-refractivity contribution >= 4 is 42.0 Å². The van der Waals surface area contributed by atoms with Crippen LogP contribution in [0.1, 0.15) is 170 Å². The second-order valence-corrected chi connectivity index (χ2v) is 19.1. The van der Waals surface area contributed by atoms with Gasteiger partial charge in [-0.25, -0.2) is 0 Å². The maximum Gasteiger partial charge on any atom is 0.0854 e. The highest BCUT2D eigenvalue weighted by atomic mass is 32.1. The lowest BCUT2D eigenvalue weighted by molar-refractivity contribution is 0.607. The zero-order valence-electron chi connectivity index (χ0n) is 44.6. The molecule has 366 valence electrons. The Kier molecular flexibility index (Phi) is 26.4. The third kappa shape index (κ3) is 18.2. The molecule has 1 atom stereocenters. The molecule has 0 spiro atoms. The van der Waals surface area contributed by atoms with Gasteiger partial charge in [0.25, 0.3) is 0 Å². The highest BCUT2D eigenvalue weighted by molar-refractivity contribution is 7.59. The predicted molar refractivity (Wildman–Crippen MR) is 309 cm³/mol. The van der Waals surface area contributed by atoms with Gasteiger partial charge in [-0.1, -0.05) is 199 Å². The molecular weight excluding hydrogens is 843 g/mol. The summed E-state index contributed by atoms with van der Waals surface area (Å²) in [6.45, 7) is 21.9. The molecule has 68 heavy (non-hydrogen) atoms. The summed E-state index contributed by atoms with van der Waals surface area (Å²) < 4.78 is 0. The van der Waals surface area contributed by atoms with Gasteiger partial charge in [0.1, 0.15) is 0 Å². The number of anilines is 3. The lowest BCUT2D eigenvalue weighted by Gasteiger charge is -2.26. The molecule has 0 radical (unpaired) electrons. The van der Waals surface area contributed by atoms with Gasteiger partial charge >= 0.3 is 0 Å². The Morgan fingerprint density at radius 2 is 0.765 bits per heavy atom. The minimum Gasteiger partial charge on any atom is -0.311 e. The Morgan fingerprint density at radius 3 is 1.12 bits per heavy atom. The molecule has 5 aromatic rings. The normalized spacial score (nSPS) is 13.6. The maximum atomic E-state index is 4.21. The molecular formula is C64H89N3S. The summed E-state index contributed by atoms with van der Waals surface area (Å²) in [6.07, 6.45) is 24.1. The highest BCUT2D eigenvalue weighted by Crippen LogP contribution is 2.36. The summed E-state index contributed by atoms with van der Waals surface area (Å²) in [4.78, 5) is 10.7. The van der Waals surface area contributed by atoms with Gasteiger partial charge in [-0.2, -0.15) is 13.5 Å². The van der Waals surface area contributed by atoms with Crippen LogP contribution in [0, 0.1) is 27.7 Å². The van der Waals surface area contributed by atoms with Crippen molar-refractivity contribution in [1.82, 2.24) is 0 Å². The molecule has 6 rings (SSSR count). The van der Waals surface area contributed by atoms with E-state index in [0.717, 1.165) is 11.4 Å². The summed E-state index contributed by atoms with van der Waals surface area (Å²) in [6, 6.07) is 40.7. The Morgan fingerprint density at radius 1 is 0.426 bits per heavy atom. The van der Waals surface area contributed by atoms with E-state index in [1.807, 2.05) is 0 Å².